The molecule has 3 amide bonds. The van der Waals surface area contributed by atoms with Gasteiger partial charge in [0, 0.05) is 12.0 Å². The van der Waals surface area contributed by atoms with E-state index in [0.29, 0.717) is 18.5 Å². The SMILES string of the molecule is CCCNC(=O)NC(=O)COC(=O)CNS(=O)(=O)/C=C/c1ccc(C)cc1. The number of hydrogen-bond acceptors (Lipinski definition) is 6. The Hall–Kier alpha value is -2.72. The summed E-state index contributed by atoms with van der Waals surface area (Å²) in [6.45, 7) is 2.82. The van der Waals surface area contributed by atoms with Gasteiger partial charge in [-0.1, -0.05) is 36.8 Å². The molecule has 27 heavy (non-hydrogen) atoms. The molecule has 0 aliphatic heterocycles. The number of ether oxygens (including phenoxy) is 1. The van der Waals surface area contributed by atoms with Gasteiger partial charge in [0.25, 0.3) is 5.91 Å². The van der Waals surface area contributed by atoms with E-state index in [9.17, 15) is 22.8 Å². The van der Waals surface area contributed by atoms with Gasteiger partial charge in [-0.2, -0.15) is 0 Å². The van der Waals surface area contributed by atoms with Gasteiger partial charge in [-0.15, -0.1) is 0 Å². The molecule has 0 fully saturated rings. The van der Waals surface area contributed by atoms with E-state index in [2.05, 4.69) is 10.1 Å². The van der Waals surface area contributed by atoms with Crippen LogP contribution in [0.2, 0.25) is 0 Å². The first kappa shape index (κ1) is 22.3. The Morgan fingerprint density at radius 2 is 1.81 bits per heavy atom. The minimum atomic E-state index is -3.85. The fourth-order valence-electron chi connectivity index (χ4n) is 1.70. The third-order valence-corrected chi connectivity index (χ3v) is 4.13. The highest BCUT2D eigenvalue weighted by atomic mass is 32.2. The van der Waals surface area contributed by atoms with Gasteiger partial charge >= 0.3 is 12.0 Å². The van der Waals surface area contributed by atoms with Crippen LogP contribution in [0.25, 0.3) is 6.08 Å². The second kappa shape index (κ2) is 11.1. The average Bonchev–Trinajstić information content (AvgIpc) is 2.62. The van der Waals surface area contributed by atoms with Gasteiger partial charge in [0.15, 0.2) is 6.61 Å². The first-order valence-electron chi connectivity index (χ1n) is 8.19. The topological polar surface area (TPSA) is 131 Å². The quantitative estimate of drug-likeness (QED) is 0.525. The van der Waals surface area contributed by atoms with E-state index < -0.39 is 41.1 Å². The molecule has 0 radical (unpaired) electrons. The lowest BCUT2D eigenvalue weighted by molar-refractivity contribution is -0.147. The molecule has 9 nitrogen and oxygen atoms in total. The molecular weight excluding hydrogens is 374 g/mol. The maximum absolute atomic E-state index is 11.8. The maximum Gasteiger partial charge on any atom is 0.321 e. The van der Waals surface area contributed by atoms with Crippen molar-refractivity contribution in [1.29, 1.82) is 0 Å². The summed E-state index contributed by atoms with van der Waals surface area (Å²) in [5.74, 6) is -1.77. The fraction of sp³-hybridized carbons (Fsp3) is 0.353. The van der Waals surface area contributed by atoms with Gasteiger partial charge in [-0.05, 0) is 25.0 Å². The highest BCUT2D eigenvalue weighted by Crippen LogP contribution is 2.05. The molecule has 148 valence electrons. The molecule has 1 rings (SSSR count). The lowest BCUT2D eigenvalue weighted by Crippen LogP contribution is -2.42. The Kier molecular flexibility index (Phi) is 9.17. The first-order valence-corrected chi connectivity index (χ1v) is 9.74. The van der Waals surface area contributed by atoms with Crippen LogP contribution in [-0.2, 0) is 24.3 Å². The third kappa shape index (κ3) is 10.1. The molecule has 10 heteroatoms. The second-order valence-corrected chi connectivity index (χ2v) is 7.20. The summed E-state index contributed by atoms with van der Waals surface area (Å²) in [6.07, 6.45) is 2.09. The number of hydrogen-bond donors (Lipinski definition) is 3. The number of urea groups is 1. The van der Waals surface area contributed by atoms with Crippen LogP contribution < -0.4 is 15.4 Å². The van der Waals surface area contributed by atoms with Crippen LogP contribution in [0.3, 0.4) is 0 Å². The zero-order valence-electron chi connectivity index (χ0n) is 15.2. The van der Waals surface area contributed by atoms with E-state index >= 15 is 0 Å². The summed E-state index contributed by atoms with van der Waals surface area (Å²) in [6, 6.07) is 6.49. The maximum atomic E-state index is 11.8. The molecule has 1 aromatic carbocycles. The molecule has 0 aliphatic rings. The first-order chi connectivity index (χ1) is 12.7. The summed E-state index contributed by atoms with van der Waals surface area (Å²) in [7, 11) is -3.85. The van der Waals surface area contributed by atoms with Crippen molar-refractivity contribution < 1.29 is 27.5 Å². The van der Waals surface area contributed by atoms with Crippen LogP contribution in [0.1, 0.15) is 24.5 Å². The molecule has 0 saturated heterocycles. The summed E-state index contributed by atoms with van der Waals surface area (Å²) < 4.78 is 30.3. The molecule has 0 spiro atoms. The Morgan fingerprint density at radius 3 is 2.44 bits per heavy atom. The number of esters is 1. The fourth-order valence-corrected chi connectivity index (χ4v) is 2.45. The Bertz CT molecular complexity index is 787. The zero-order chi connectivity index (χ0) is 20.3. The van der Waals surface area contributed by atoms with E-state index in [1.807, 2.05) is 36.0 Å². The zero-order valence-corrected chi connectivity index (χ0v) is 16.0. The number of carbonyl (C=O) groups is 3. The van der Waals surface area contributed by atoms with E-state index in [-0.39, 0.29) is 0 Å². The smallest absolute Gasteiger partial charge is 0.321 e. The number of nitrogens with one attached hydrogen (secondary N) is 3. The summed E-state index contributed by atoms with van der Waals surface area (Å²) in [5, 5.41) is 5.31. The average molecular weight is 397 g/mol. The Labute approximate surface area is 158 Å². The molecular formula is C17H23N3O6S. The molecule has 0 atom stereocenters. The number of rotatable bonds is 9. The molecule has 1 aromatic rings. The van der Waals surface area contributed by atoms with Gasteiger partial charge in [0.1, 0.15) is 6.54 Å². The van der Waals surface area contributed by atoms with Gasteiger partial charge in [-0.3, -0.25) is 14.9 Å². The minimum Gasteiger partial charge on any atom is -0.455 e. The van der Waals surface area contributed by atoms with Crippen LogP contribution in [-0.4, -0.2) is 46.0 Å². The molecule has 3 N–H and O–H groups in total. The van der Waals surface area contributed by atoms with Gasteiger partial charge < -0.3 is 10.1 Å². The highest BCUT2D eigenvalue weighted by Gasteiger charge is 2.13. The lowest BCUT2D eigenvalue weighted by atomic mass is 10.2. The molecule has 0 bridgehead atoms. The second-order valence-electron chi connectivity index (χ2n) is 5.54. The van der Waals surface area contributed by atoms with Crippen molar-refractivity contribution in [1.82, 2.24) is 15.4 Å². The number of amides is 3. The molecule has 0 unspecified atom stereocenters. The van der Waals surface area contributed by atoms with Crippen molar-refractivity contribution in [3.8, 4) is 0 Å². The third-order valence-electron chi connectivity index (χ3n) is 3.09. The van der Waals surface area contributed by atoms with E-state index in [4.69, 9.17) is 0 Å². The van der Waals surface area contributed by atoms with Crippen LogP contribution in [0.15, 0.2) is 29.7 Å². The number of imide groups is 1. The highest BCUT2D eigenvalue weighted by molar-refractivity contribution is 7.92. The van der Waals surface area contributed by atoms with Crippen molar-refractivity contribution >= 4 is 34.0 Å². The molecule has 0 saturated carbocycles. The molecule has 0 aromatic heterocycles. The van der Waals surface area contributed by atoms with Gasteiger partial charge in [0.2, 0.25) is 10.0 Å². The molecule has 0 aliphatic carbocycles. The van der Waals surface area contributed by atoms with E-state index in [0.717, 1.165) is 11.0 Å². The normalized spacial score (nSPS) is 11.2. The van der Waals surface area contributed by atoms with Gasteiger partial charge in [0.05, 0.1) is 0 Å². The van der Waals surface area contributed by atoms with Crippen molar-refractivity contribution in [3.05, 3.63) is 40.8 Å². The monoisotopic (exact) mass is 397 g/mol. The number of sulfonamides is 1. The van der Waals surface area contributed by atoms with Crippen molar-refractivity contribution in [2.75, 3.05) is 19.7 Å². The number of benzene rings is 1. The number of carbonyl (C=O) groups excluding carboxylic acids is 3. The Morgan fingerprint density at radius 1 is 1.15 bits per heavy atom. The van der Waals surface area contributed by atoms with E-state index in [1.54, 1.807) is 12.1 Å². The van der Waals surface area contributed by atoms with Crippen LogP contribution in [0, 0.1) is 6.92 Å². The largest absolute Gasteiger partial charge is 0.455 e. The summed E-state index contributed by atoms with van der Waals surface area (Å²) in [4.78, 5) is 34.2. The van der Waals surface area contributed by atoms with Gasteiger partial charge in [-0.25, -0.2) is 17.9 Å². The van der Waals surface area contributed by atoms with Crippen LogP contribution in [0.5, 0.6) is 0 Å². The van der Waals surface area contributed by atoms with E-state index in [1.165, 1.54) is 6.08 Å². The lowest BCUT2D eigenvalue weighted by Gasteiger charge is -2.07. The van der Waals surface area contributed by atoms with Crippen molar-refractivity contribution in [3.63, 3.8) is 0 Å². The predicted molar refractivity (Wildman–Crippen MR) is 99.9 cm³/mol. The Balaban J connectivity index is 2.36. The predicted octanol–water partition coefficient (Wildman–Crippen LogP) is 0.664. The summed E-state index contributed by atoms with van der Waals surface area (Å²) in [5.41, 5.74) is 1.73. The number of aryl methyl sites for hydroxylation is 1. The standard InChI is InChI=1S/C17H23N3O6S/c1-3-9-18-17(23)20-15(21)12-26-16(22)11-19-27(24,25)10-8-14-6-4-13(2)5-7-14/h4-8,10,19H,3,9,11-12H2,1-2H3,(H2,18,20,21,23)/b10-8+. The van der Waals surface area contributed by atoms with Crippen molar-refractivity contribution in [2.24, 2.45) is 0 Å². The minimum absolute atomic E-state index is 0.400. The van der Waals surface area contributed by atoms with Crippen molar-refractivity contribution in [2.45, 2.75) is 20.3 Å². The molecule has 0 heterocycles. The summed E-state index contributed by atoms with van der Waals surface area (Å²) >= 11 is 0. The van der Waals surface area contributed by atoms with Crippen LogP contribution >= 0.6 is 0 Å². The van der Waals surface area contributed by atoms with Crippen LogP contribution in [0.4, 0.5) is 4.79 Å².